The van der Waals surface area contributed by atoms with Crippen molar-refractivity contribution in [3.05, 3.63) is 53.1 Å². The molecule has 1 N–H and O–H groups in total. The molecule has 1 aromatic heterocycles. The molecule has 0 bridgehead atoms. The number of hydrogen-bond acceptors (Lipinski definition) is 2. The molecule has 3 nitrogen and oxygen atoms in total. The molecule has 0 unspecified atom stereocenters. The molecule has 0 amide bonds. The molecule has 0 saturated carbocycles. The van der Waals surface area contributed by atoms with Crippen LogP contribution >= 0.6 is 0 Å². The zero-order chi connectivity index (χ0) is 20.1. The Morgan fingerprint density at radius 3 is 1.85 bits per heavy atom. The third kappa shape index (κ3) is 3.67. The summed E-state index contributed by atoms with van der Waals surface area (Å²) in [5.74, 6) is -2.55. The van der Waals surface area contributed by atoms with E-state index in [1.54, 1.807) is 0 Å². The zero-order valence-electron chi connectivity index (χ0n) is 13.3. The highest BCUT2D eigenvalue weighted by molar-refractivity contribution is 5.80. The van der Waals surface area contributed by atoms with Gasteiger partial charge in [0.1, 0.15) is 0 Å². The number of nitrogens with zero attached hydrogens (tertiary/aromatic N) is 2. The number of nitrogens with one attached hydrogen (secondary N) is 1. The molecule has 0 fully saturated rings. The summed E-state index contributed by atoms with van der Waals surface area (Å²) < 4.78 is 105. The van der Waals surface area contributed by atoms with Crippen molar-refractivity contribution in [2.75, 3.05) is 5.32 Å². The van der Waals surface area contributed by atoms with E-state index in [9.17, 15) is 35.1 Å². The molecule has 0 aliphatic carbocycles. The number of aryl methyl sites for hydroxylation is 1. The second-order valence-electron chi connectivity index (χ2n) is 5.67. The van der Waals surface area contributed by atoms with Crippen molar-refractivity contribution < 1.29 is 35.1 Å². The third-order valence-electron chi connectivity index (χ3n) is 3.77. The third-order valence-corrected chi connectivity index (χ3v) is 3.77. The summed E-state index contributed by atoms with van der Waals surface area (Å²) in [6, 6.07) is 2.54. The summed E-state index contributed by atoms with van der Waals surface area (Å²) in [4.78, 5) is 3.88. The first-order valence-corrected chi connectivity index (χ1v) is 7.24. The van der Waals surface area contributed by atoms with Crippen LogP contribution in [0.2, 0.25) is 0 Å². The van der Waals surface area contributed by atoms with E-state index in [2.05, 4.69) is 10.3 Å². The van der Waals surface area contributed by atoms with Crippen molar-refractivity contribution in [2.45, 2.75) is 12.4 Å². The molecule has 2 aromatic carbocycles. The second kappa shape index (κ2) is 6.10. The fraction of sp³-hybridized carbons (Fsp3) is 0.188. The normalized spacial score (nSPS) is 12.6. The van der Waals surface area contributed by atoms with Gasteiger partial charge < -0.3 is 9.88 Å². The number of fused-ring (bicyclic) bond motifs is 1. The molecule has 0 spiro atoms. The maximum atomic E-state index is 13.3. The lowest BCUT2D eigenvalue weighted by molar-refractivity contribution is -0.143. The van der Waals surface area contributed by atoms with Gasteiger partial charge in [-0.25, -0.2) is 13.8 Å². The monoisotopic (exact) mass is 395 g/mol. The number of benzene rings is 2. The standard InChI is InChI=1S/C16H9F8N3/c1-27-13-6-11(18)10(17)5-12(13)26-14(27)25-9-3-7(15(19,20)21)2-8(4-9)16(22,23)24/h2-6H,1H3,(H,25,26). The van der Waals surface area contributed by atoms with Crippen LogP contribution in [0.15, 0.2) is 30.3 Å². The van der Waals surface area contributed by atoms with Gasteiger partial charge in [0.2, 0.25) is 5.95 Å². The van der Waals surface area contributed by atoms with Crippen LogP contribution in [0.4, 0.5) is 46.8 Å². The van der Waals surface area contributed by atoms with E-state index in [1.807, 2.05) is 0 Å². The molecular formula is C16H9F8N3. The highest BCUT2D eigenvalue weighted by atomic mass is 19.4. The average molecular weight is 395 g/mol. The predicted molar refractivity (Wildman–Crippen MR) is 80.4 cm³/mol. The van der Waals surface area contributed by atoms with Crippen molar-refractivity contribution in [1.82, 2.24) is 9.55 Å². The largest absolute Gasteiger partial charge is 0.416 e. The Bertz CT molecular complexity index is 985. The Morgan fingerprint density at radius 2 is 1.33 bits per heavy atom. The second-order valence-corrected chi connectivity index (χ2v) is 5.67. The highest BCUT2D eigenvalue weighted by Crippen LogP contribution is 2.38. The predicted octanol–water partition coefficient (Wildman–Crippen LogP) is 5.63. The topological polar surface area (TPSA) is 29.9 Å². The van der Waals surface area contributed by atoms with E-state index >= 15 is 0 Å². The van der Waals surface area contributed by atoms with Crippen molar-refractivity contribution in [1.29, 1.82) is 0 Å². The van der Waals surface area contributed by atoms with Crippen LogP contribution in [0.3, 0.4) is 0 Å². The lowest BCUT2D eigenvalue weighted by Crippen LogP contribution is -2.12. The van der Waals surface area contributed by atoms with Crippen molar-refractivity contribution in [3.63, 3.8) is 0 Å². The first-order valence-electron chi connectivity index (χ1n) is 7.24. The van der Waals surface area contributed by atoms with E-state index in [0.29, 0.717) is 12.1 Å². The molecular weight excluding hydrogens is 386 g/mol. The number of anilines is 2. The summed E-state index contributed by atoms with van der Waals surface area (Å²) in [5.41, 5.74) is -3.47. The number of halogens is 8. The van der Waals surface area contributed by atoms with Crippen LogP contribution in [0.25, 0.3) is 11.0 Å². The number of alkyl halides is 6. The van der Waals surface area contributed by atoms with Gasteiger partial charge in [-0.3, -0.25) is 0 Å². The summed E-state index contributed by atoms with van der Waals surface area (Å²) >= 11 is 0. The van der Waals surface area contributed by atoms with Crippen LogP contribution < -0.4 is 5.32 Å². The number of rotatable bonds is 2. The van der Waals surface area contributed by atoms with E-state index in [1.165, 1.54) is 11.6 Å². The van der Waals surface area contributed by atoms with Crippen molar-refractivity contribution in [3.8, 4) is 0 Å². The fourth-order valence-corrected chi connectivity index (χ4v) is 2.46. The maximum Gasteiger partial charge on any atom is 0.416 e. The Kier molecular flexibility index (Phi) is 4.28. The highest BCUT2D eigenvalue weighted by Gasteiger charge is 2.37. The Morgan fingerprint density at radius 1 is 0.815 bits per heavy atom. The molecule has 0 saturated heterocycles. The van der Waals surface area contributed by atoms with E-state index in [0.717, 1.165) is 12.1 Å². The molecule has 0 radical (unpaired) electrons. The summed E-state index contributed by atoms with van der Waals surface area (Å²) in [6.07, 6.45) is -10.0. The Labute approximate surface area is 146 Å². The van der Waals surface area contributed by atoms with E-state index in [-0.39, 0.29) is 23.0 Å². The quantitative estimate of drug-likeness (QED) is 0.570. The summed E-state index contributed by atoms with van der Waals surface area (Å²) in [7, 11) is 1.34. The van der Waals surface area contributed by atoms with Crippen LogP contribution in [-0.2, 0) is 19.4 Å². The van der Waals surface area contributed by atoms with E-state index < -0.39 is 40.8 Å². The van der Waals surface area contributed by atoms with Gasteiger partial charge in [0.05, 0.1) is 22.2 Å². The van der Waals surface area contributed by atoms with Gasteiger partial charge in [-0.15, -0.1) is 0 Å². The Hall–Kier alpha value is -2.85. The molecule has 27 heavy (non-hydrogen) atoms. The minimum Gasteiger partial charge on any atom is -0.326 e. The van der Waals surface area contributed by atoms with Crippen LogP contribution in [-0.4, -0.2) is 9.55 Å². The van der Waals surface area contributed by atoms with Crippen molar-refractivity contribution in [2.24, 2.45) is 7.05 Å². The lowest BCUT2D eigenvalue weighted by Gasteiger charge is -2.15. The molecule has 0 atom stereocenters. The van der Waals surface area contributed by atoms with Gasteiger partial charge in [0, 0.05) is 24.9 Å². The maximum absolute atomic E-state index is 13.3. The first-order chi connectivity index (χ1) is 12.4. The number of hydrogen-bond donors (Lipinski definition) is 1. The number of imidazole rings is 1. The first kappa shape index (κ1) is 18.9. The molecule has 3 rings (SSSR count). The average Bonchev–Trinajstić information content (AvgIpc) is 2.82. The Balaban J connectivity index is 2.10. The number of aromatic nitrogens is 2. The van der Waals surface area contributed by atoms with Gasteiger partial charge in [0.25, 0.3) is 0 Å². The molecule has 0 aliphatic heterocycles. The van der Waals surface area contributed by atoms with Gasteiger partial charge in [0.15, 0.2) is 11.6 Å². The fourth-order valence-electron chi connectivity index (χ4n) is 2.46. The van der Waals surface area contributed by atoms with Gasteiger partial charge in [-0.1, -0.05) is 0 Å². The molecule has 11 heteroatoms. The van der Waals surface area contributed by atoms with Crippen LogP contribution in [0, 0.1) is 11.6 Å². The van der Waals surface area contributed by atoms with Gasteiger partial charge >= 0.3 is 12.4 Å². The zero-order valence-corrected chi connectivity index (χ0v) is 13.3. The smallest absolute Gasteiger partial charge is 0.326 e. The van der Waals surface area contributed by atoms with Crippen LogP contribution in [0.1, 0.15) is 11.1 Å². The molecule has 0 aliphatic rings. The van der Waals surface area contributed by atoms with Gasteiger partial charge in [-0.05, 0) is 18.2 Å². The summed E-state index contributed by atoms with van der Waals surface area (Å²) in [6.45, 7) is 0. The minimum absolute atomic E-state index is 0.00907. The summed E-state index contributed by atoms with van der Waals surface area (Å²) in [5, 5.41) is 2.33. The minimum atomic E-state index is -5.00. The van der Waals surface area contributed by atoms with Crippen molar-refractivity contribution >= 4 is 22.7 Å². The van der Waals surface area contributed by atoms with E-state index in [4.69, 9.17) is 0 Å². The van der Waals surface area contributed by atoms with Gasteiger partial charge in [-0.2, -0.15) is 26.3 Å². The SMILES string of the molecule is Cn1c(Nc2cc(C(F)(F)F)cc(C(F)(F)F)c2)nc2cc(F)c(F)cc21. The molecule has 3 aromatic rings. The lowest BCUT2D eigenvalue weighted by atomic mass is 10.1. The molecule has 1 heterocycles. The van der Waals surface area contributed by atoms with Crippen LogP contribution in [0.5, 0.6) is 0 Å². The molecule has 144 valence electrons.